The van der Waals surface area contributed by atoms with Gasteiger partial charge in [-0.15, -0.1) is 0 Å². The van der Waals surface area contributed by atoms with Crippen LogP contribution >= 0.6 is 0 Å². The number of aromatic hydroxyl groups is 1. The molecule has 2 aromatic rings. The van der Waals surface area contributed by atoms with Gasteiger partial charge in [-0.3, -0.25) is 9.59 Å². The topological polar surface area (TPSA) is 108 Å². The highest BCUT2D eigenvalue weighted by molar-refractivity contribution is 5.96. The second-order valence-electron chi connectivity index (χ2n) is 6.44. The Morgan fingerprint density at radius 2 is 1.62 bits per heavy atom. The molecule has 0 saturated carbocycles. The van der Waals surface area contributed by atoms with Gasteiger partial charge in [0.15, 0.2) is 5.92 Å². The monoisotopic (exact) mass is 456 g/mol. The molecule has 0 amide bonds. The number of carbonyl (C=O) groups is 2. The van der Waals surface area contributed by atoms with E-state index in [2.05, 4.69) is 9.97 Å². The second kappa shape index (κ2) is 11.4. The van der Waals surface area contributed by atoms with E-state index in [-0.39, 0.29) is 31.2 Å². The summed E-state index contributed by atoms with van der Waals surface area (Å²) in [4.78, 5) is 32.8. The van der Waals surface area contributed by atoms with Crippen molar-refractivity contribution in [3.63, 3.8) is 0 Å². The Morgan fingerprint density at radius 1 is 1.00 bits per heavy atom. The molecule has 1 heterocycles. The molecule has 0 bridgehead atoms. The fourth-order valence-electron chi connectivity index (χ4n) is 3.14. The Kier molecular flexibility index (Phi) is 8.94. The first-order valence-electron chi connectivity index (χ1n) is 9.86. The number of hydrogen-bond acceptors (Lipinski definition) is 8. The average Bonchev–Trinajstić information content (AvgIpc) is 2.73. The summed E-state index contributed by atoms with van der Waals surface area (Å²) in [5.74, 6) is -9.67. The molecule has 1 aromatic carbocycles. The Hall–Kier alpha value is -3.21. The van der Waals surface area contributed by atoms with Crippen molar-refractivity contribution in [1.82, 2.24) is 9.97 Å². The summed E-state index contributed by atoms with van der Waals surface area (Å²) < 4.78 is 57.6. The number of halogens is 3. The van der Waals surface area contributed by atoms with Crippen LogP contribution in [-0.4, -0.2) is 52.9 Å². The molecule has 0 aliphatic carbocycles. The van der Waals surface area contributed by atoms with Crippen LogP contribution in [0.15, 0.2) is 24.4 Å². The molecule has 0 saturated heterocycles. The molecular weight excluding hydrogens is 433 g/mol. The molecular formula is C21H23F3N2O6. The first kappa shape index (κ1) is 25.1. The van der Waals surface area contributed by atoms with E-state index in [1.165, 1.54) is 13.8 Å². The van der Waals surface area contributed by atoms with Crippen LogP contribution in [0.25, 0.3) is 0 Å². The minimum atomic E-state index is -1.71. The minimum Gasteiger partial charge on any atom is -0.491 e. The SMILES string of the molecule is CCOC(=O)C(C(=O)OCC)C(OCC)C(c1ncc(F)c(O)n1)c1ccc(F)cc1F. The van der Waals surface area contributed by atoms with Crippen molar-refractivity contribution in [2.75, 3.05) is 19.8 Å². The maximum atomic E-state index is 14.8. The molecule has 0 aliphatic rings. The van der Waals surface area contributed by atoms with Gasteiger partial charge >= 0.3 is 11.9 Å². The number of esters is 2. The Balaban J connectivity index is 2.75. The number of ether oxygens (including phenoxy) is 3. The van der Waals surface area contributed by atoms with E-state index in [0.29, 0.717) is 12.3 Å². The number of aromatic nitrogens is 2. The number of rotatable bonds is 10. The lowest BCUT2D eigenvalue weighted by Crippen LogP contribution is -2.43. The lowest BCUT2D eigenvalue weighted by molar-refractivity contribution is -0.169. The first-order valence-corrected chi connectivity index (χ1v) is 9.86. The van der Waals surface area contributed by atoms with Crippen LogP contribution in [0.5, 0.6) is 5.88 Å². The standard InChI is InChI=1S/C21H23F3N2O6/c1-4-30-17(16(20(28)31-5-2)21(29)32-6-3)15(12-8-7-11(22)9-13(12)23)18-25-10-14(24)19(27)26-18/h7-10,15-17H,4-6H2,1-3H3,(H,25,26,27). The predicted octanol–water partition coefficient (Wildman–Crippen LogP) is 2.88. The molecule has 0 spiro atoms. The van der Waals surface area contributed by atoms with Crippen molar-refractivity contribution in [2.45, 2.75) is 32.8 Å². The number of nitrogens with zero attached hydrogens (tertiary/aromatic N) is 2. The van der Waals surface area contributed by atoms with Gasteiger partial charge in [-0.2, -0.15) is 9.37 Å². The highest BCUT2D eigenvalue weighted by atomic mass is 19.1. The summed E-state index contributed by atoms with van der Waals surface area (Å²) in [7, 11) is 0. The third kappa shape index (κ3) is 5.72. The molecule has 32 heavy (non-hydrogen) atoms. The van der Waals surface area contributed by atoms with Crippen LogP contribution in [0, 0.1) is 23.4 Å². The van der Waals surface area contributed by atoms with E-state index in [1.807, 2.05) is 0 Å². The van der Waals surface area contributed by atoms with E-state index in [0.717, 1.165) is 12.1 Å². The van der Waals surface area contributed by atoms with E-state index in [1.54, 1.807) is 6.92 Å². The van der Waals surface area contributed by atoms with Crippen molar-refractivity contribution in [1.29, 1.82) is 0 Å². The van der Waals surface area contributed by atoms with Crippen LogP contribution in [0.4, 0.5) is 13.2 Å². The summed E-state index contributed by atoms with van der Waals surface area (Å²) in [6.07, 6.45) is -0.860. The predicted molar refractivity (Wildman–Crippen MR) is 104 cm³/mol. The normalized spacial score (nSPS) is 13.0. The van der Waals surface area contributed by atoms with Crippen molar-refractivity contribution in [3.05, 3.63) is 53.2 Å². The fourth-order valence-corrected chi connectivity index (χ4v) is 3.14. The Morgan fingerprint density at radius 3 is 2.12 bits per heavy atom. The zero-order chi connectivity index (χ0) is 23.8. The zero-order valence-corrected chi connectivity index (χ0v) is 17.7. The largest absolute Gasteiger partial charge is 0.491 e. The summed E-state index contributed by atoms with van der Waals surface area (Å²) in [6.45, 7) is 4.41. The molecule has 0 radical (unpaired) electrons. The highest BCUT2D eigenvalue weighted by Crippen LogP contribution is 2.35. The summed E-state index contributed by atoms with van der Waals surface area (Å²) in [6, 6.07) is 2.58. The van der Waals surface area contributed by atoms with Gasteiger partial charge in [0.05, 0.1) is 31.4 Å². The molecule has 0 fully saturated rings. The van der Waals surface area contributed by atoms with Gasteiger partial charge in [0.1, 0.15) is 17.5 Å². The summed E-state index contributed by atoms with van der Waals surface area (Å²) >= 11 is 0. The number of benzene rings is 1. The lowest BCUT2D eigenvalue weighted by Gasteiger charge is -2.30. The molecule has 0 aliphatic heterocycles. The van der Waals surface area contributed by atoms with Crippen LogP contribution in [0.1, 0.15) is 38.1 Å². The molecule has 2 unspecified atom stereocenters. The lowest BCUT2D eigenvalue weighted by atomic mass is 9.84. The number of hydrogen-bond donors (Lipinski definition) is 1. The average molecular weight is 456 g/mol. The third-order valence-corrected chi connectivity index (χ3v) is 4.42. The molecule has 11 heteroatoms. The van der Waals surface area contributed by atoms with Crippen molar-refractivity contribution in [2.24, 2.45) is 5.92 Å². The summed E-state index contributed by atoms with van der Waals surface area (Å²) in [5, 5.41) is 9.74. The molecule has 1 aromatic heterocycles. The van der Waals surface area contributed by atoms with Crippen LogP contribution < -0.4 is 0 Å². The molecule has 2 atom stereocenters. The van der Waals surface area contributed by atoms with Crippen molar-refractivity contribution in [3.8, 4) is 5.88 Å². The molecule has 174 valence electrons. The van der Waals surface area contributed by atoms with E-state index < -0.39 is 53.2 Å². The molecule has 8 nitrogen and oxygen atoms in total. The minimum absolute atomic E-state index is 0.0491. The van der Waals surface area contributed by atoms with E-state index in [9.17, 15) is 27.9 Å². The molecule has 2 rings (SSSR count). The van der Waals surface area contributed by atoms with Crippen LogP contribution in [0.3, 0.4) is 0 Å². The summed E-state index contributed by atoms with van der Waals surface area (Å²) in [5.41, 5.74) is -0.255. The molecule has 1 N–H and O–H groups in total. The van der Waals surface area contributed by atoms with E-state index >= 15 is 0 Å². The van der Waals surface area contributed by atoms with Gasteiger partial charge in [-0.25, -0.2) is 13.8 Å². The quantitative estimate of drug-likeness (QED) is 0.430. The van der Waals surface area contributed by atoms with Crippen molar-refractivity contribution >= 4 is 11.9 Å². The maximum Gasteiger partial charge on any atom is 0.323 e. The van der Waals surface area contributed by atoms with Gasteiger partial charge in [0.2, 0.25) is 5.82 Å². The first-order chi connectivity index (χ1) is 15.2. The zero-order valence-electron chi connectivity index (χ0n) is 17.7. The van der Waals surface area contributed by atoms with Crippen LogP contribution in [-0.2, 0) is 23.8 Å². The Labute approximate surface area is 182 Å². The highest BCUT2D eigenvalue weighted by Gasteiger charge is 2.45. The number of carbonyl (C=O) groups excluding carboxylic acids is 2. The second-order valence-corrected chi connectivity index (χ2v) is 6.44. The van der Waals surface area contributed by atoms with Gasteiger partial charge in [-0.1, -0.05) is 6.07 Å². The third-order valence-electron chi connectivity index (χ3n) is 4.42. The van der Waals surface area contributed by atoms with Gasteiger partial charge in [0.25, 0.3) is 5.88 Å². The van der Waals surface area contributed by atoms with E-state index in [4.69, 9.17) is 14.2 Å². The van der Waals surface area contributed by atoms with Gasteiger partial charge in [-0.05, 0) is 26.8 Å². The Bertz CT molecular complexity index is 941. The maximum absolute atomic E-state index is 14.8. The fraction of sp³-hybridized carbons (Fsp3) is 0.429. The van der Waals surface area contributed by atoms with Crippen LogP contribution in [0.2, 0.25) is 0 Å². The van der Waals surface area contributed by atoms with Gasteiger partial charge < -0.3 is 19.3 Å². The van der Waals surface area contributed by atoms with Gasteiger partial charge in [0, 0.05) is 18.2 Å². The smallest absolute Gasteiger partial charge is 0.323 e. The van der Waals surface area contributed by atoms with Crippen molar-refractivity contribution < 1.29 is 42.1 Å².